The molecular weight excluding hydrogens is 140 g/mol. The average molecular weight is 154 g/mol. The molecule has 0 aromatic rings. The van der Waals surface area contributed by atoms with Crippen molar-refractivity contribution in [2.75, 3.05) is 0 Å². The van der Waals surface area contributed by atoms with Crippen molar-refractivity contribution in [3.05, 3.63) is 25.3 Å². The lowest BCUT2D eigenvalue weighted by atomic mass is 9.95. The van der Waals surface area contributed by atoms with Crippen molar-refractivity contribution < 1.29 is 9.90 Å². The van der Waals surface area contributed by atoms with Crippen molar-refractivity contribution in [3.8, 4) is 0 Å². The molecule has 11 heavy (non-hydrogen) atoms. The molecular formula is C9H14O2. The van der Waals surface area contributed by atoms with E-state index in [1.165, 1.54) is 0 Å². The Morgan fingerprint density at radius 2 is 2.09 bits per heavy atom. The van der Waals surface area contributed by atoms with Gasteiger partial charge in [0.1, 0.15) is 0 Å². The van der Waals surface area contributed by atoms with Gasteiger partial charge in [0.05, 0.1) is 5.92 Å². The number of carboxylic acid groups (broad SMARTS) is 1. The first-order valence-electron chi connectivity index (χ1n) is 3.68. The van der Waals surface area contributed by atoms with Crippen LogP contribution in [0.5, 0.6) is 0 Å². The Morgan fingerprint density at radius 1 is 1.45 bits per heavy atom. The summed E-state index contributed by atoms with van der Waals surface area (Å²) in [5.41, 5.74) is 0. The molecule has 0 heterocycles. The van der Waals surface area contributed by atoms with Crippen molar-refractivity contribution in [2.45, 2.75) is 19.3 Å². The number of hydrogen-bond donors (Lipinski definition) is 1. The fraction of sp³-hybridized carbons (Fsp3) is 0.444. The first-order valence-corrected chi connectivity index (χ1v) is 3.68. The highest BCUT2D eigenvalue weighted by Crippen LogP contribution is 2.17. The summed E-state index contributed by atoms with van der Waals surface area (Å²) >= 11 is 0. The normalized spacial score (nSPS) is 21.6. The highest BCUT2D eigenvalue weighted by molar-refractivity contribution is 5.70. The van der Waals surface area contributed by atoms with E-state index in [-0.39, 0.29) is 5.92 Å². The van der Waals surface area contributed by atoms with Crippen molar-refractivity contribution in [2.24, 2.45) is 5.92 Å². The van der Waals surface area contributed by atoms with Gasteiger partial charge in [-0.15, -0.1) is 13.2 Å². The summed E-state index contributed by atoms with van der Waals surface area (Å²) in [7, 11) is 0. The highest BCUT2D eigenvalue weighted by Gasteiger charge is 2.16. The molecule has 1 aliphatic carbocycles. The average Bonchev–Trinajstić information content (AvgIpc) is 2.10. The van der Waals surface area contributed by atoms with Gasteiger partial charge in [-0.25, -0.2) is 0 Å². The molecule has 0 fully saturated rings. The van der Waals surface area contributed by atoms with Gasteiger partial charge < -0.3 is 5.11 Å². The van der Waals surface area contributed by atoms with E-state index in [2.05, 4.69) is 13.2 Å². The van der Waals surface area contributed by atoms with Crippen LogP contribution in [0.1, 0.15) is 19.3 Å². The van der Waals surface area contributed by atoms with Crippen molar-refractivity contribution in [3.63, 3.8) is 0 Å². The van der Waals surface area contributed by atoms with Crippen LogP contribution in [-0.4, -0.2) is 11.1 Å². The molecule has 0 spiro atoms. The van der Waals surface area contributed by atoms with Crippen LogP contribution in [0, 0.1) is 5.92 Å². The predicted molar refractivity (Wildman–Crippen MR) is 45.4 cm³/mol. The van der Waals surface area contributed by atoms with Gasteiger partial charge in [0.2, 0.25) is 0 Å². The van der Waals surface area contributed by atoms with E-state index in [1.807, 2.05) is 12.2 Å². The van der Waals surface area contributed by atoms with E-state index in [0.717, 1.165) is 19.3 Å². The number of hydrogen-bond acceptors (Lipinski definition) is 1. The predicted octanol–water partition coefficient (Wildman–Crippen LogP) is 2.23. The Labute approximate surface area is 67.2 Å². The quantitative estimate of drug-likeness (QED) is 0.588. The van der Waals surface area contributed by atoms with Crippen LogP contribution in [0.4, 0.5) is 0 Å². The Hall–Kier alpha value is -1.05. The van der Waals surface area contributed by atoms with E-state index < -0.39 is 5.97 Å². The van der Waals surface area contributed by atoms with E-state index in [0.29, 0.717) is 0 Å². The lowest BCUT2D eigenvalue weighted by molar-refractivity contribution is -0.141. The number of rotatable bonds is 1. The molecule has 1 aliphatic rings. The fourth-order valence-electron chi connectivity index (χ4n) is 1.02. The standard InChI is InChI=1S/C7H10O2.C2H4/c8-7(9)6-4-2-1-3-5-6;1-2/h1-2,6H,3-5H2,(H,8,9);1-2H2. The molecule has 62 valence electrons. The van der Waals surface area contributed by atoms with E-state index >= 15 is 0 Å². The topological polar surface area (TPSA) is 37.3 Å². The van der Waals surface area contributed by atoms with Gasteiger partial charge in [0.25, 0.3) is 0 Å². The molecule has 0 saturated carbocycles. The van der Waals surface area contributed by atoms with Gasteiger partial charge in [0, 0.05) is 0 Å². The highest BCUT2D eigenvalue weighted by atomic mass is 16.4. The van der Waals surface area contributed by atoms with Crippen LogP contribution in [0.3, 0.4) is 0 Å². The third-order valence-electron chi connectivity index (χ3n) is 1.62. The molecule has 1 unspecified atom stereocenters. The SMILES string of the molecule is C=C.O=C(O)C1CC=CCC1. The molecule has 0 aromatic carbocycles. The molecule has 0 radical (unpaired) electrons. The first kappa shape index (κ1) is 9.95. The molecule has 1 rings (SSSR count). The second kappa shape index (κ2) is 5.71. The van der Waals surface area contributed by atoms with Gasteiger partial charge in [-0.2, -0.15) is 0 Å². The maximum Gasteiger partial charge on any atom is 0.306 e. The maximum absolute atomic E-state index is 10.3. The first-order chi connectivity index (χ1) is 5.30. The number of allylic oxidation sites excluding steroid dienone is 2. The minimum Gasteiger partial charge on any atom is -0.481 e. The zero-order chi connectivity index (χ0) is 8.69. The van der Waals surface area contributed by atoms with E-state index in [1.54, 1.807) is 0 Å². The molecule has 0 amide bonds. The summed E-state index contributed by atoms with van der Waals surface area (Å²) in [6.45, 7) is 6.00. The largest absolute Gasteiger partial charge is 0.481 e. The van der Waals surface area contributed by atoms with Crippen LogP contribution in [0.15, 0.2) is 25.3 Å². The Balaban J connectivity index is 0.000000461. The molecule has 0 saturated heterocycles. The molecule has 1 N–H and O–H groups in total. The summed E-state index contributed by atoms with van der Waals surface area (Å²) in [6.07, 6.45) is 6.44. The summed E-state index contributed by atoms with van der Waals surface area (Å²) in [5, 5.41) is 8.50. The van der Waals surface area contributed by atoms with Gasteiger partial charge >= 0.3 is 5.97 Å². The molecule has 0 aliphatic heterocycles. The second-order valence-electron chi connectivity index (χ2n) is 2.32. The van der Waals surface area contributed by atoms with Crippen molar-refractivity contribution in [1.82, 2.24) is 0 Å². The molecule has 0 bridgehead atoms. The fourth-order valence-corrected chi connectivity index (χ4v) is 1.02. The number of aliphatic carboxylic acids is 1. The zero-order valence-corrected chi connectivity index (χ0v) is 6.62. The Kier molecular flexibility index (Phi) is 5.17. The Morgan fingerprint density at radius 3 is 2.36 bits per heavy atom. The lowest BCUT2D eigenvalue weighted by Crippen LogP contribution is -2.13. The van der Waals surface area contributed by atoms with Gasteiger partial charge in [-0.1, -0.05) is 12.2 Å². The second-order valence-corrected chi connectivity index (χ2v) is 2.32. The number of carboxylic acids is 1. The lowest BCUT2D eigenvalue weighted by Gasteiger charge is -2.11. The molecule has 2 heteroatoms. The van der Waals surface area contributed by atoms with E-state index in [4.69, 9.17) is 5.11 Å². The Bertz CT molecular complexity index is 150. The van der Waals surface area contributed by atoms with Crippen LogP contribution in [0.25, 0.3) is 0 Å². The minimum atomic E-state index is -0.653. The van der Waals surface area contributed by atoms with Crippen LogP contribution < -0.4 is 0 Å². The zero-order valence-electron chi connectivity index (χ0n) is 6.62. The third kappa shape index (κ3) is 3.61. The van der Waals surface area contributed by atoms with Crippen LogP contribution in [-0.2, 0) is 4.79 Å². The monoisotopic (exact) mass is 154 g/mol. The van der Waals surface area contributed by atoms with Crippen LogP contribution >= 0.6 is 0 Å². The minimum absolute atomic E-state index is 0.116. The molecule has 0 aromatic heterocycles. The van der Waals surface area contributed by atoms with Crippen molar-refractivity contribution in [1.29, 1.82) is 0 Å². The van der Waals surface area contributed by atoms with E-state index in [9.17, 15) is 4.79 Å². The number of carbonyl (C=O) groups is 1. The smallest absolute Gasteiger partial charge is 0.306 e. The molecule has 1 atom stereocenters. The maximum atomic E-state index is 10.3. The summed E-state index contributed by atoms with van der Waals surface area (Å²) < 4.78 is 0. The van der Waals surface area contributed by atoms with Gasteiger partial charge in [-0.05, 0) is 19.3 Å². The van der Waals surface area contributed by atoms with Gasteiger partial charge in [0.15, 0.2) is 0 Å². The third-order valence-corrected chi connectivity index (χ3v) is 1.62. The summed E-state index contributed by atoms with van der Waals surface area (Å²) in [4.78, 5) is 10.3. The molecule has 2 nitrogen and oxygen atoms in total. The van der Waals surface area contributed by atoms with Gasteiger partial charge in [-0.3, -0.25) is 4.79 Å². The summed E-state index contributed by atoms with van der Waals surface area (Å²) in [5.74, 6) is -0.769. The summed E-state index contributed by atoms with van der Waals surface area (Å²) in [6, 6.07) is 0. The van der Waals surface area contributed by atoms with Crippen LogP contribution in [0.2, 0.25) is 0 Å². The van der Waals surface area contributed by atoms with Crippen molar-refractivity contribution >= 4 is 5.97 Å².